The van der Waals surface area contributed by atoms with Crippen molar-refractivity contribution in [3.05, 3.63) is 29.3 Å². The predicted molar refractivity (Wildman–Crippen MR) is 66.4 cm³/mol. The van der Waals surface area contributed by atoms with Gasteiger partial charge in [-0.25, -0.2) is 0 Å². The van der Waals surface area contributed by atoms with Crippen LogP contribution in [-0.4, -0.2) is 17.6 Å². The zero-order valence-corrected chi connectivity index (χ0v) is 9.83. The van der Waals surface area contributed by atoms with Gasteiger partial charge in [0.15, 0.2) is 0 Å². The van der Waals surface area contributed by atoms with Gasteiger partial charge < -0.3 is 10.4 Å². The van der Waals surface area contributed by atoms with Crippen molar-refractivity contribution < 1.29 is 9.90 Å². The molecule has 0 unspecified atom stereocenters. The van der Waals surface area contributed by atoms with E-state index in [1.54, 1.807) is 0 Å². The summed E-state index contributed by atoms with van der Waals surface area (Å²) in [6.07, 6.45) is 4.80. The molecule has 1 fully saturated rings. The Balaban J connectivity index is 2.01. The van der Waals surface area contributed by atoms with Gasteiger partial charge in [-0.15, -0.1) is 0 Å². The molecule has 0 amide bonds. The van der Waals surface area contributed by atoms with E-state index >= 15 is 0 Å². The number of anilines is 1. The molecule has 3 rings (SSSR count). The number of aliphatic carboxylic acids is 1. The molecule has 3 nitrogen and oxygen atoms in total. The van der Waals surface area contributed by atoms with Crippen molar-refractivity contribution in [1.82, 2.24) is 0 Å². The van der Waals surface area contributed by atoms with Crippen molar-refractivity contribution >= 4 is 11.7 Å². The molecule has 3 heteroatoms. The van der Waals surface area contributed by atoms with Crippen LogP contribution in [0.25, 0.3) is 0 Å². The largest absolute Gasteiger partial charge is 0.481 e. The molecule has 1 heterocycles. The van der Waals surface area contributed by atoms with E-state index in [9.17, 15) is 9.90 Å². The summed E-state index contributed by atoms with van der Waals surface area (Å²) in [7, 11) is 0. The monoisotopic (exact) mass is 231 g/mol. The summed E-state index contributed by atoms with van der Waals surface area (Å²) >= 11 is 0. The Hall–Kier alpha value is -1.51. The van der Waals surface area contributed by atoms with Crippen LogP contribution < -0.4 is 5.32 Å². The second-order valence-corrected chi connectivity index (χ2v) is 5.14. The van der Waals surface area contributed by atoms with Crippen LogP contribution >= 0.6 is 0 Å². The van der Waals surface area contributed by atoms with Gasteiger partial charge in [0, 0.05) is 12.2 Å². The lowest BCUT2D eigenvalue weighted by atomic mass is 9.64. The van der Waals surface area contributed by atoms with Gasteiger partial charge >= 0.3 is 5.97 Å². The fourth-order valence-electron chi connectivity index (χ4n) is 2.93. The third-order valence-corrected chi connectivity index (χ3v) is 4.21. The highest BCUT2D eigenvalue weighted by molar-refractivity contribution is 5.83. The molecule has 2 N–H and O–H groups in total. The number of carboxylic acid groups (broad SMARTS) is 1. The first-order valence-electron chi connectivity index (χ1n) is 6.33. The van der Waals surface area contributed by atoms with Gasteiger partial charge in [0.05, 0.1) is 5.41 Å². The van der Waals surface area contributed by atoms with Crippen LogP contribution in [0.15, 0.2) is 18.2 Å². The fraction of sp³-hybridized carbons (Fsp3) is 0.500. The number of hydrogen-bond donors (Lipinski definition) is 2. The first kappa shape index (κ1) is 10.6. The number of rotatable bonds is 2. The molecule has 0 spiro atoms. The molecule has 17 heavy (non-hydrogen) atoms. The van der Waals surface area contributed by atoms with E-state index in [0.29, 0.717) is 0 Å². The van der Waals surface area contributed by atoms with Crippen molar-refractivity contribution in [3.8, 4) is 0 Å². The lowest BCUT2D eigenvalue weighted by Gasteiger charge is -2.38. The number of fused-ring (bicyclic) bond motifs is 1. The molecule has 0 bridgehead atoms. The Morgan fingerprint density at radius 2 is 2.12 bits per heavy atom. The third kappa shape index (κ3) is 1.53. The summed E-state index contributed by atoms with van der Waals surface area (Å²) in [4.78, 5) is 11.5. The summed E-state index contributed by atoms with van der Waals surface area (Å²) < 4.78 is 0. The highest BCUT2D eigenvalue weighted by Crippen LogP contribution is 2.45. The van der Waals surface area contributed by atoms with E-state index < -0.39 is 11.4 Å². The molecule has 2 aliphatic rings. The van der Waals surface area contributed by atoms with Crippen molar-refractivity contribution in [2.75, 3.05) is 11.9 Å². The molecule has 1 aromatic carbocycles. The third-order valence-electron chi connectivity index (χ3n) is 4.21. The summed E-state index contributed by atoms with van der Waals surface area (Å²) in [5.41, 5.74) is 2.87. The van der Waals surface area contributed by atoms with Gasteiger partial charge in [-0.1, -0.05) is 18.6 Å². The second-order valence-electron chi connectivity index (χ2n) is 5.14. The van der Waals surface area contributed by atoms with E-state index in [0.717, 1.165) is 44.2 Å². The van der Waals surface area contributed by atoms with E-state index in [1.807, 2.05) is 12.1 Å². The van der Waals surface area contributed by atoms with Crippen LogP contribution in [0.3, 0.4) is 0 Å². The Kier molecular flexibility index (Phi) is 2.35. The maximum atomic E-state index is 11.5. The van der Waals surface area contributed by atoms with E-state index in [-0.39, 0.29) is 0 Å². The van der Waals surface area contributed by atoms with Crippen LogP contribution in [0.5, 0.6) is 0 Å². The molecule has 0 aromatic heterocycles. The topological polar surface area (TPSA) is 49.3 Å². The van der Waals surface area contributed by atoms with Gasteiger partial charge in [-0.2, -0.15) is 0 Å². The van der Waals surface area contributed by atoms with Gasteiger partial charge in [-0.05, 0) is 42.9 Å². The first-order chi connectivity index (χ1) is 8.22. The number of carbonyl (C=O) groups is 1. The Morgan fingerprint density at radius 1 is 1.29 bits per heavy atom. The average molecular weight is 231 g/mol. The molecular weight excluding hydrogens is 214 g/mol. The number of benzene rings is 1. The molecule has 90 valence electrons. The van der Waals surface area contributed by atoms with Crippen molar-refractivity contribution in [1.29, 1.82) is 0 Å². The summed E-state index contributed by atoms with van der Waals surface area (Å²) in [6, 6.07) is 6.14. The first-order valence-corrected chi connectivity index (χ1v) is 6.33. The zero-order valence-electron chi connectivity index (χ0n) is 9.83. The molecule has 0 atom stereocenters. The van der Waals surface area contributed by atoms with E-state index in [2.05, 4.69) is 11.4 Å². The SMILES string of the molecule is O=C(O)C1(c2ccc3c(c2)CCCN3)CCC1. The van der Waals surface area contributed by atoms with Gasteiger partial charge in [0.2, 0.25) is 0 Å². The zero-order chi connectivity index (χ0) is 11.9. The number of nitrogens with one attached hydrogen (secondary N) is 1. The molecular formula is C14H17NO2. The molecule has 1 aromatic rings. The summed E-state index contributed by atoms with van der Waals surface area (Å²) in [5, 5.41) is 12.8. The van der Waals surface area contributed by atoms with Crippen LogP contribution in [-0.2, 0) is 16.6 Å². The maximum absolute atomic E-state index is 11.5. The molecule has 0 radical (unpaired) electrons. The maximum Gasteiger partial charge on any atom is 0.314 e. The predicted octanol–water partition coefficient (Wildman–Crippen LogP) is 2.55. The molecule has 1 aliphatic heterocycles. The minimum absolute atomic E-state index is 0.591. The van der Waals surface area contributed by atoms with Crippen LogP contribution in [0.2, 0.25) is 0 Å². The lowest BCUT2D eigenvalue weighted by Crippen LogP contribution is -2.42. The Bertz CT molecular complexity index is 463. The Labute approximate surface area is 101 Å². The summed E-state index contributed by atoms with van der Waals surface area (Å²) in [5.74, 6) is -0.660. The second kappa shape index (κ2) is 3.76. The quantitative estimate of drug-likeness (QED) is 0.822. The average Bonchev–Trinajstić information content (AvgIpc) is 2.27. The van der Waals surface area contributed by atoms with Crippen molar-refractivity contribution in [2.45, 2.75) is 37.5 Å². The van der Waals surface area contributed by atoms with E-state index in [4.69, 9.17) is 0 Å². The summed E-state index contributed by atoms with van der Waals surface area (Å²) in [6.45, 7) is 1.02. The molecule has 0 saturated heterocycles. The van der Waals surface area contributed by atoms with Gasteiger partial charge in [-0.3, -0.25) is 4.79 Å². The van der Waals surface area contributed by atoms with Crippen molar-refractivity contribution in [3.63, 3.8) is 0 Å². The van der Waals surface area contributed by atoms with Crippen LogP contribution in [0.4, 0.5) is 5.69 Å². The fourth-order valence-corrected chi connectivity index (χ4v) is 2.93. The van der Waals surface area contributed by atoms with Gasteiger partial charge in [0.25, 0.3) is 0 Å². The normalized spacial score (nSPS) is 20.9. The number of hydrogen-bond acceptors (Lipinski definition) is 2. The van der Waals surface area contributed by atoms with E-state index in [1.165, 1.54) is 11.3 Å². The molecule has 1 saturated carbocycles. The van der Waals surface area contributed by atoms with Gasteiger partial charge in [0.1, 0.15) is 0 Å². The van der Waals surface area contributed by atoms with Crippen molar-refractivity contribution in [2.24, 2.45) is 0 Å². The highest BCUT2D eigenvalue weighted by atomic mass is 16.4. The van der Waals surface area contributed by atoms with Crippen LogP contribution in [0.1, 0.15) is 36.8 Å². The van der Waals surface area contributed by atoms with Crippen LogP contribution in [0, 0.1) is 0 Å². The number of carboxylic acids is 1. The standard InChI is InChI=1S/C14H17NO2/c16-13(17)14(6-2-7-14)11-4-5-12-10(9-11)3-1-8-15-12/h4-5,9,15H,1-3,6-8H2,(H,16,17). The smallest absolute Gasteiger partial charge is 0.314 e. The molecule has 1 aliphatic carbocycles. The Morgan fingerprint density at radius 3 is 2.76 bits per heavy atom. The minimum Gasteiger partial charge on any atom is -0.481 e. The highest BCUT2D eigenvalue weighted by Gasteiger charge is 2.46. The number of aryl methyl sites for hydroxylation is 1. The lowest BCUT2D eigenvalue weighted by molar-refractivity contribution is -0.147. The minimum atomic E-state index is -0.660.